The monoisotopic (exact) mass is 312 g/mol. The van der Waals surface area contributed by atoms with Crippen LogP contribution in [0, 0.1) is 0 Å². The van der Waals surface area contributed by atoms with Gasteiger partial charge in [0, 0.05) is 22.7 Å². The molecule has 5 heteroatoms. The fourth-order valence-electron chi connectivity index (χ4n) is 2.55. The third-order valence-electron chi connectivity index (χ3n) is 3.67. The van der Waals surface area contributed by atoms with Crippen LogP contribution in [0.1, 0.15) is 17.9 Å². The van der Waals surface area contributed by atoms with Crippen LogP contribution in [0.25, 0.3) is 0 Å². The average molecular weight is 312 g/mol. The van der Waals surface area contributed by atoms with E-state index in [-0.39, 0.29) is 18.2 Å². The van der Waals surface area contributed by atoms with E-state index in [2.05, 4.69) is 10.6 Å². The number of fused-ring (bicyclic) bond motifs is 1. The summed E-state index contributed by atoms with van der Waals surface area (Å²) in [5.74, 6) is -0.735. The Morgan fingerprint density at radius 1 is 1.18 bits per heavy atom. The van der Waals surface area contributed by atoms with E-state index in [9.17, 15) is 9.59 Å². The number of amides is 2. The number of thioether (sulfide) groups is 1. The third kappa shape index (κ3) is 2.99. The Morgan fingerprint density at radius 3 is 2.64 bits per heavy atom. The van der Waals surface area contributed by atoms with Crippen molar-refractivity contribution < 1.29 is 9.59 Å². The standard InChI is InChI=1S/C17H16N2O2S/c1-22-12-8-6-11(7-9-12)18-17(21)14-10-16(20)19-15-5-3-2-4-13(14)15/h2-9,14H,10H2,1H3,(H,18,21)(H,19,20). The zero-order valence-electron chi connectivity index (χ0n) is 12.1. The highest BCUT2D eigenvalue weighted by Crippen LogP contribution is 2.32. The molecule has 1 heterocycles. The second kappa shape index (κ2) is 6.23. The van der Waals surface area contributed by atoms with E-state index in [0.29, 0.717) is 0 Å². The Morgan fingerprint density at radius 2 is 1.91 bits per heavy atom. The second-order valence-corrected chi connectivity index (χ2v) is 5.99. The number of para-hydroxylation sites is 1. The summed E-state index contributed by atoms with van der Waals surface area (Å²) in [6.45, 7) is 0. The zero-order valence-corrected chi connectivity index (χ0v) is 12.9. The van der Waals surface area contributed by atoms with Crippen LogP contribution in [0.3, 0.4) is 0 Å². The highest BCUT2D eigenvalue weighted by molar-refractivity contribution is 7.98. The van der Waals surface area contributed by atoms with Crippen LogP contribution in [0.2, 0.25) is 0 Å². The second-order valence-electron chi connectivity index (χ2n) is 5.11. The van der Waals surface area contributed by atoms with E-state index >= 15 is 0 Å². The highest BCUT2D eigenvalue weighted by Gasteiger charge is 2.30. The first-order chi connectivity index (χ1) is 10.7. The summed E-state index contributed by atoms with van der Waals surface area (Å²) < 4.78 is 0. The van der Waals surface area contributed by atoms with Crippen molar-refractivity contribution in [2.45, 2.75) is 17.2 Å². The molecular formula is C17H16N2O2S. The average Bonchev–Trinajstić information content (AvgIpc) is 2.54. The molecule has 0 spiro atoms. The van der Waals surface area contributed by atoms with Gasteiger partial charge in [-0.1, -0.05) is 18.2 Å². The molecule has 0 aromatic heterocycles. The number of carbonyl (C=O) groups is 2. The lowest BCUT2D eigenvalue weighted by molar-refractivity contribution is -0.123. The quantitative estimate of drug-likeness (QED) is 0.853. The minimum Gasteiger partial charge on any atom is -0.326 e. The minimum atomic E-state index is -0.454. The van der Waals surface area contributed by atoms with Crippen molar-refractivity contribution in [3.63, 3.8) is 0 Å². The van der Waals surface area contributed by atoms with E-state index in [0.717, 1.165) is 21.8 Å². The van der Waals surface area contributed by atoms with Crippen molar-refractivity contribution >= 4 is 35.0 Å². The van der Waals surface area contributed by atoms with Gasteiger partial charge in [0.2, 0.25) is 11.8 Å². The van der Waals surface area contributed by atoms with Crippen LogP contribution in [0.15, 0.2) is 53.4 Å². The molecular weight excluding hydrogens is 296 g/mol. The molecule has 1 atom stereocenters. The van der Waals surface area contributed by atoms with Gasteiger partial charge >= 0.3 is 0 Å². The minimum absolute atomic E-state index is 0.128. The molecule has 0 aliphatic carbocycles. The predicted molar refractivity (Wildman–Crippen MR) is 89.3 cm³/mol. The van der Waals surface area contributed by atoms with Crippen LogP contribution < -0.4 is 10.6 Å². The van der Waals surface area contributed by atoms with E-state index in [1.165, 1.54) is 0 Å². The van der Waals surface area contributed by atoms with Crippen molar-refractivity contribution in [2.75, 3.05) is 16.9 Å². The number of hydrogen-bond donors (Lipinski definition) is 2. The van der Waals surface area contributed by atoms with Gasteiger partial charge < -0.3 is 10.6 Å². The lowest BCUT2D eigenvalue weighted by Crippen LogP contribution is -2.30. The Labute approximate surface area is 133 Å². The van der Waals surface area contributed by atoms with Crippen LogP contribution >= 0.6 is 11.8 Å². The number of carbonyl (C=O) groups excluding carboxylic acids is 2. The molecule has 4 nitrogen and oxygen atoms in total. The molecule has 1 aliphatic heterocycles. The van der Waals surface area contributed by atoms with Crippen LogP contribution in [-0.4, -0.2) is 18.1 Å². The Bertz CT molecular complexity index is 713. The highest BCUT2D eigenvalue weighted by atomic mass is 32.2. The van der Waals surface area contributed by atoms with Gasteiger partial charge in [-0.25, -0.2) is 0 Å². The van der Waals surface area contributed by atoms with Crippen molar-refractivity contribution in [2.24, 2.45) is 0 Å². The molecule has 2 amide bonds. The molecule has 3 rings (SSSR count). The smallest absolute Gasteiger partial charge is 0.232 e. The number of hydrogen-bond acceptors (Lipinski definition) is 3. The molecule has 0 bridgehead atoms. The zero-order chi connectivity index (χ0) is 15.5. The van der Waals surface area contributed by atoms with E-state index in [4.69, 9.17) is 0 Å². The summed E-state index contributed by atoms with van der Waals surface area (Å²) in [6, 6.07) is 15.1. The number of nitrogens with one attached hydrogen (secondary N) is 2. The molecule has 2 aromatic carbocycles. The summed E-state index contributed by atoms with van der Waals surface area (Å²) in [5, 5.41) is 5.70. The van der Waals surface area contributed by atoms with Crippen LogP contribution in [0.4, 0.5) is 11.4 Å². The largest absolute Gasteiger partial charge is 0.326 e. The van der Waals surface area contributed by atoms with Crippen LogP contribution in [-0.2, 0) is 9.59 Å². The maximum Gasteiger partial charge on any atom is 0.232 e. The SMILES string of the molecule is CSc1ccc(NC(=O)C2CC(=O)Nc3ccccc32)cc1. The number of rotatable bonds is 3. The van der Waals surface area contributed by atoms with Gasteiger partial charge in [-0.05, 0) is 42.2 Å². The lowest BCUT2D eigenvalue weighted by Gasteiger charge is -2.24. The maximum atomic E-state index is 12.5. The van der Waals surface area contributed by atoms with E-state index in [1.807, 2.05) is 54.8 Å². The van der Waals surface area contributed by atoms with Crippen molar-refractivity contribution in [1.82, 2.24) is 0 Å². The van der Waals surface area contributed by atoms with Gasteiger partial charge in [-0.2, -0.15) is 0 Å². The predicted octanol–water partition coefficient (Wildman–Crippen LogP) is 3.47. The topological polar surface area (TPSA) is 58.2 Å². The van der Waals surface area contributed by atoms with Crippen molar-refractivity contribution in [3.8, 4) is 0 Å². The molecule has 112 valence electrons. The van der Waals surface area contributed by atoms with Gasteiger partial charge in [0.05, 0.1) is 5.92 Å². The molecule has 2 N–H and O–H groups in total. The first-order valence-electron chi connectivity index (χ1n) is 7.01. The molecule has 1 aliphatic rings. The number of benzene rings is 2. The molecule has 0 saturated heterocycles. The first kappa shape index (κ1) is 14.7. The van der Waals surface area contributed by atoms with Gasteiger partial charge in [-0.15, -0.1) is 11.8 Å². The molecule has 1 unspecified atom stereocenters. The van der Waals surface area contributed by atoms with Gasteiger partial charge in [0.1, 0.15) is 0 Å². The molecule has 2 aromatic rings. The summed E-state index contributed by atoms with van der Waals surface area (Å²) >= 11 is 1.65. The van der Waals surface area contributed by atoms with E-state index < -0.39 is 5.92 Å². The fraction of sp³-hybridized carbons (Fsp3) is 0.176. The molecule has 0 fully saturated rings. The summed E-state index contributed by atoms with van der Waals surface area (Å²) in [7, 11) is 0. The van der Waals surface area contributed by atoms with Gasteiger partial charge in [-0.3, -0.25) is 9.59 Å². The van der Waals surface area contributed by atoms with E-state index in [1.54, 1.807) is 11.8 Å². The number of anilines is 2. The summed E-state index contributed by atoms with van der Waals surface area (Å²) in [6.07, 6.45) is 2.18. The van der Waals surface area contributed by atoms with Crippen molar-refractivity contribution in [1.29, 1.82) is 0 Å². The normalized spacial score (nSPS) is 16.6. The maximum absolute atomic E-state index is 12.5. The van der Waals surface area contributed by atoms with Crippen LogP contribution in [0.5, 0.6) is 0 Å². The van der Waals surface area contributed by atoms with Gasteiger partial charge in [0.15, 0.2) is 0 Å². The Kier molecular flexibility index (Phi) is 4.15. The first-order valence-corrected chi connectivity index (χ1v) is 8.23. The molecule has 22 heavy (non-hydrogen) atoms. The lowest BCUT2D eigenvalue weighted by atomic mass is 9.90. The third-order valence-corrected chi connectivity index (χ3v) is 4.42. The summed E-state index contributed by atoms with van der Waals surface area (Å²) in [5.41, 5.74) is 2.32. The molecule has 0 radical (unpaired) electrons. The van der Waals surface area contributed by atoms with Gasteiger partial charge in [0.25, 0.3) is 0 Å². The fourth-order valence-corrected chi connectivity index (χ4v) is 2.96. The van der Waals surface area contributed by atoms with Crippen molar-refractivity contribution in [3.05, 3.63) is 54.1 Å². The Balaban J connectivity index is 1.81. The molecule has 0 saturated carbocycles. The Hall–Kier alpha value is -2.27. The summed E-state index contributed by atoms with van der Waals surface area (Å²) in [4.78, 5) is 25.5.